The summed E-state index contributed by atoms with van der Waals surface area (Å²) >= 11 is 9.53. The first-order valence-electron chi connectivity index (χ1n) is 5.76. The maximum Gasteiger partial charge on any atom is 0.106 e. The maximum atomic E-state index is 4.77. The number of hydrogen-bond donors (Lipinski definition) is 2. The molecule has 0 saturated heterocycles. The molecule has 0 atom stereocenters. The van der Waals surface area contributed by atoms with Gasteiger partial charge < -0.3 is 0 Å². The Labute approximate surface area is 115 Å². The van der Waals surface area contributed by atoms with Crippen LogP contribution >= 0.6 is 25.3 Å². The average molecular weight is 262 g/mol. The average Bonchev–Trinajstić information content (AvgIpc) is 2.40. The molecule has 0 aromatic heterocycles. The molecule has 0 unspecified atom stereocenters. The zero-order valence-electron chi connectivity index (χ0n) is 10.7. The summed E-state index contributed by atoms with van der Waals surface area (Å²) < 4.78 is -0.470. The molecule has 17 heavy (non-hydrogen) atoms. The molecule has 0 amide bonds. The van der Waals surface area contributed by atoms with E-state index in [1.807, 2.05) is 0 Å². The van der Waals surface area contributed by atoms with Crippen LogP contribution in [0.5, 0.6) is 0 Å². The lowest BCUT2D eigenvalue weighted by Crippen LogP contribution is -2.09. The van der Waals surface area contributed by atoms with E-state index in [1.165, 1.54) is 33.4 Å². The minimum Gasteiger partial charge on any atom is -0.152 e. The second-order valence-electron chi connectivity index (χ2n) is 4.98. The highest BCUT2D eigenvalue weighted by Crippen LogP contribution is 2.52. The van der Waals surface area contributed by atoms with Crippen LogP contribution in [-0.4, -0.2) is 0 Å². The van der Waals surface area contributed by atoms with Crippen molar-refractivity contribution in [2.75, 3.05) is 0 Å². The van der Waals surface area contributed by atoms with Crippen molar-refractivity contribution in [2.45, 2.75) is 31.8 Å². The Morgan fingerprint density at radius 2 is 1.82 bits per heavy atom. The summed E-state index contributed by atoms with van der Waals surface area (Å²) in [6.07, 6.45) is 2.19. The number of rotatable bonds is 1. The molecular formula is C15H18S2. The summed E-state index contributed by atoms with van der Waals surface area (Å²) in [6.45, 7) is 8.46. The summed E-state index contributed by atoms with van der Waals surface area (Å²) in [5, 5.41) is 0. The topological polar surface area (TPSA) is 0 Å². The normalized spacial score (nSPS) is 17.1. The van der Waals surface area contributed by atoms with Crippen molar-refractivity contribution in [1.29, 1.82) is 0 Å². The van der Waals surface area contributed by atoms with Crippen LogP contribution in [0.3, 0.4) is 0 Å². The van der Waals surface area contributed by atoms with Crippen molar-refractivity contribution in [2.24, 2.45) is 0 Å². The number of fused-ring (bicyclic) bond motifs is 1. The zero-order valence-corrected chi connectivity index (χ0v) is 12.5. The Balaban J connectivity index is 2.68. The molecule has 0 bridgehead atoms. The summed E-state index contributed by atoms with van der Waals surface area (Å²) in [4.78, 5) is 0. The van der Waals surface area contributed by atoms with Gasteiger partial charge in [-0.25, -0.2) is 0 Å². The Morgan fingerprint density at radius 1 is 1.18 bits per heavy atom. The van der Waals surface area contributed by atoms with Crippen molar-refractivity contribution >= 4 is 30.8 Å². The molecule has 0 spiro atoms. The van der Waals surface area contributed by atoms with Crippen molar-refractivity contribution < 1.29 is 0 Å². The van der Waals surface area contributed by atoms with Crippen molar-refractivity contribution in [3.8, 4) is 0 Å². The molecule has 90 valence electrons. The molecule has 0 aliphatic heterocycles. The van der Waals surface area contributed by atoms with Crippen LogP contribution in [0, 0.1) is 6.92 Å². The minimum absolute atomic E-state index is 0.470. The quantitative estimate of drug-likeness (QED) is 0.529. The Morgan fingerprint density at radius 3 is 2.41 bits per heavy atom. The molecule has 2 heteroatoms. The Bertz CT molecular complexity index is 530. The lowest BCUT2D eigenvalue weighted by molar-refractivity contribution is 1.12. The van der Waals surface area contributed by atoms with Gasteiger partial charge >= 0.3 is 0 Å². The van der Waals surface area contributed by atoms with Crippen LogP contribution in [0.25, 0.3) is 5.57 Å². The lowest BCUT2D eigenvalue weighted by Gasteiger charge is -2.21. The second kappa shape index (κ2) is 4.25. The molecule has 0 N–H and O–H groups in total. The first-order valence-corrected chi connectivity index (χ1v) is 6.66. The van der Waals surface area contributed by atoms with Gasteiger partial charge in [0.1, 0.15) is 4.08 Å². The fourth-order valence-electron chi connectivity index (χ4n) is 2.32. The van der Waals surface area contributed by atoms with Gasteiger partial charge in [-0.15, -0.1) is 0 Å². The van der Waals surface area contributed by atoms with E-state index < -0.39 is 4.08 Å². The van der Waals surface area contributed by atoms with E-state index in [2.05, 4.69) is 52.0 Å². The number of thiol groups is 2. The van der Waals surface area contributed by atoms with Gasteiger partial charge in [0.2, 0.25) is 0 Å². The molecule has 0 radical (unpaired) electrons. The van der Waals surface area contributed by atoms with Gasteiger partial charge in [0.05, 0.1) is 0 Å². The highest BCUT2D eigenvalue weighted by molar-refractivity contribution is 8.00. The van der Waals surface area contributed by atoms with E-state index in [0.29, 0.717) is 0 Å². The molecule has 1 aliphatic carbocycles. The highest BCUT2D eigenvalue weighted by Gasteiger charge is 2.36. The smallest absolute Gasteiger partial charge is 0.106 e. The fourth-order valence-corrected chi connectivity index (χ4v) is 3.16. The van der Waals surface area contributed by atoms with Crippen LogP contribution in [0.4, 0.5) is 0 Å². The first kappa shape index (κ1) is 12.8. The number of benzene rings is 1. The molecule has 0 nitrogen and oxygen atoms in total. The molecule has 0 heterocycles. The van der Waals surface area contributed by atoms with Gasteiger partial charge in [0.25, 0.3) is 0 Å². The SMILES string of the molecule is CC(C)=CC1=C(C)c2ccc(C)cc2C1(S)S. The number of hydrogen-bond acceptors (Lipinski definition) is 2. The van der Waals surface area contributed by atoms with E-state index in [9.17, 15) is 0 Å². The predicted molar refractivity (Wildman–Crippen MR) is 82.9 cm³/mol. The molecular weight excluding hydrogens is 244 g/mol. The fraction of sp³-hybridized carbons (Fsp3) is 0.333. The lowest BCUT2D eigenvalue weighted by atomic mass is 10.0. The van der Waals surface area contributed by atoms with E-state index in [0.717, 1.165) is 0 Å². The summed E-state index contributed by atoms with van der Waals surface area (Å²) in [5.41, 5.74) is 7.48. The van der Waals surface area contributed by atoms with Crippen LogP contribution in [-0.2, 0) is 4.08 Å². The van der Waals surface area contributed by atoms with Crippen molar-refractivity contribution in [1.82, 2.24) is 0 Å². The van der Waals surface area contributed by atoms with Gasteiger partial charge in [0.15, 0.2) is 0 Å². The second-order valence-corrected chi connectivity index (χ2v) is 6.68. The van der Waals surface area contributed by atoms with Gasteiger partial charge in [-0.3, -0.25) is 0 Å². The molecule has 1 aliphatic rings. The molecule has 1 aromatic carbocycles. The van der Waals surface area contributed by atoms with E-state index in [4.69, 9.17) is 25.3 Å². The van der Waals surface area contributed by atoms with Gasteiger partial charge in [0, 0.05) is 0 Å². The number of aryl methyl sites for hydroxylation is 1. The summed E-state index contributed by atoms with van der Waals surface area (Å²) in [7, 11) is 0. The standard InChI is InChI=1S/C15H18S2/c1-9(2)7-13-11(4)12-6-5-10(3)8-14(12)15(13,16)17/h5-8,16-17H,1-4H3. The third kappa shape index (κ3) is 2.09. The maximum absolute atomic E-state index is 4.77. The van der Waals surface area contributed by atoms with E-state index >= 15 is 0 Å². The van der Waals surface area contributed by atoms with Gasteiger partial charge in [-0.05, 0) is 50.0 Å². The third-order valence-electron chi connectivity index (χ3n) is 3.17. The molecule has 0 saturated carbocycles. The van der Waals surface area contributed by atoms with Crippen LogP contribution in [0.15, 0.2) is 35.4 Å². The van der Waals surface area contributed by atoms with Gasteiger partial charge in [-0.2, -0.15) is 25.3 Å². The van der Waals surface area contributed by atoms with Gasteiger partial charge in [-0.1, -0.05) is 35.4 Å². The van der Waals surface area contributed by atoms with Crippen molar-refractivity contribution in [3.63, 3.8) is 0 Å². The van der Waals surface area contributed by atoms with Crippen LogP contribution in [0.1, 0.15) is 37.5 Å². The predicted octanol–water partition coefficient (Wildman–Crippen LogP) is 4.76. The van der Waals surface area contributed by atoms with Crippen molar-refractivity contribution in [3.05, 3.63) is 52.1 Å². The van der Waals surface area contributed by atoms with E-state index in [1.54, 1.807) is 0 Å². The number of allylic oxidation sites excluding steroid dienone is 3. The largest absolute Gasteiger partial charge is 0.152 e. The highest BCUT2D eigenvalue weighted by atomic mass is 32.2. The van der Waals surface area contributed by atoms with E-state index in [-0.39, 0.29) is 0 Å². The molecule has 0 fully saturated rings. The minimum atomic E-state index is -0.470. The Hall–Kier alpha value is -0.600. The molecule has 1 aromatic rings. The van der Waals surface area contributed by atoms with Crippen LogP contribution in [0.2, 0.25) is 0 Å². The first-order chi connectivity index (χ1) is 7.84. The van der Waals surface area contributed by atoms with Crippen LogP contribution < -0.4 is 0 Å². The third-order valence-corrected chi connectivity index (χ3v) is 4.13. The Kier molecular flexibility index (Phi) is 3.21. The summed E-state index contributed by atoms with van der Waals surface area (Å²) in [5.74, 6) is 0. The zero-order chi connectivity index (χ0) is 12.8. The molecule has 2 rings (SSSR count). The monoisotopic (exact) mass is 262 g/mol. The summed E-state index contributed by atoms with van der Waals surface area (Å²) in [6, 6.07) is 6.50.